The monoisotopic (exact) mass is 235 g/mol. The molecular formula is C11H14BNO2S. The molecule has 3 nitrogen and oxygen atoms in total. The number of hydrogen-bond donors (Lipinski definition) is 0. The van der Waals surface area contributed by atoms with E-state index in [1.807, 2.05) is 12.1 Å². The molecule has 0 spiro atoms. The summed E-state index contributed by atoms with van der Waals surface area (Å²) in [6.07, 6.45) is 3.47. The lowest BCUT2D eigenvalue weighted by Crippen LogP contribution is -2.30. The second-order valence-corrected chi connectivity index (χ2v) is 6.30. The Morgan fingerprint density at radius 3 is 2.50 bits per heavy atom. The van der Waals surface area contributed by atoms with Crippen molar-refractivity contribution in [3.63, 3.8) is 0 Å². The normalized spacial score (nSPS) is 16.1. The average molecular weight is 235 g/mol. The molecular weight excluding hydrogens is 221 g/mol. The second kappa shape index (κ2) is 3.80. The zero-order valence-electron chi connectivity index (χ0n) is 9.47. The topological polar surface area (TPSA) is 37.4 Å². The minimum Gasteiger partial charge on any atom is -0.274 e. The highest BCUT2D eigenvalue weighted by Crippen LogP contribution is 2.39. The van der Waals surface area contributed by atoms with Crippen molar-refractivity contribution >= 4 is 29.0 Å². The van der Waals surface area contributed by atoms with Crippen molar-refractivity contribution < 1.29 is 8.42 Å². The largest absolute Gasteiger partial charge is 0.274 e. The van der Waals surface area contributed by atoms with Gasteiger partial charge in [0.25, 0.3) is 0 Å². The van der Waals surface area contributed by atoms with Crippen LogP contribution in [-0.4, -0.2) is 29.6 Å². The first-order valence-corrected chi connectivity index (χ1v) is 7.08. The van der Waals surface area contributed by atoms with E-state index < -0.39 is 10.0 Å². The van der Waals surface area contributed by atoms with Crippen LogP contribution in [0.5, 0.6) is 0 Å². The van der Waals surface area contributed by atoms with Crippen molar-refractivity contribution in [2.45, 2.75) is 18.8 Å². The summed E-state index contributed by atoms with van der Waals surface area (Å²) < 4.78 is 24.1. The van der Waals surface area contributed by atoms with Gasteiger partial charge in [0, 0.05) is 12.7 Å². The molecule has 1 aromatic rings. The smallest absolute Gasteiger partial charge is 0.231 e. The standard InChI is InChI=1S/C11H14BNO2S/c1-13(16(2,14)15)10-5-3-4-9(11(10)12)8-6-7-8/h3-5,8H,6-7H2,1-2H3. The Kier molecular flexibility index (Phi) is 2.74. The molecule has 1 saturated carbocycles. The van der Waals surface area contributed by atoms with Crippen LogP contribution in [0.15, 0.2) is 18.2 Å². The number of anilines is 1. The molecule has 0 bridgehead atoms. The number of sulfonamides is 1. The molecule has 0 heterocycles. The Bertz CT molecular complexity index is 509. The summed E-state index contributed by atoms with van der Waals surface area (Å²) >= 11 is 0. The van der Waals surface area contributed by atoms with Crippen LogP contribution in [0.3, 0.4) is 0 Å². The van der Waals surface area contributed by atoms with E-state index in [-0.39, 0.29) is 0 Å². The molecule has 0 aliphatic heterocycles. The molecule has 1 aromatic carbocycles. The van der Waals surface area contributed by atoms with Gasteiger partial charge in [-0.25, -0.2) is 8.42 Å². The van der Waals surface area contributed by atoms with Gasteiger partial charge in [-0.3, -0.25) is 4.31 Å². The molecule has 0 saturated heterocycles. The zero-order chi connectivity index (χ0) is 11.9. The maximum Gasteiger partial charge on any atom is 0.231 e. The highest BCUT2D eigenvalue weighted by atomic mass is 32.2. The van der Waals surface area contributed by atoms with E-state index in [2.05, 4.69) is 0 Å². The van der Waals surface area contributed by atoms with Crippen molar-refractivity contribution in [1.29, 1.82) is 0 Å². The van der Waals surface area contributed by atoms with Crippen LogP contribution in [0.4, 0.5) is 5.69 Å². The van der Waals surface area contributed by atoms with Crippen LogP contribution in [0, 0.1) is 0 Å². The van der Waals surface area contributed by atoms with Crippen molar-refractivity contribution in [2.24, 2.45) is 0 Å². The third-order valence-corrected chi connectivity index (χ3v) is 4.16. The van der Waals surface area contributed by atoms with E-state index in [0.29, 0.717) is 17.1 Å². The predicted molar refractivity (Wildman–Crippen MR) is 67.1 cm³/mol. The van der Waals surface area contributed by atoms with Crippen LogP contribution in [0.1, 0.15) is 24.3 Å². The van der Waals surface area contributed by atoms with Crippen molar-refractivity contribution in [2.75, 3.05) is 17.6 Å². The van der Waals surface area contributed by atoms with Crippen LogP contribution < -0.4 is 9.77 Å². The molecule has 0 unspecified atom stereocenters. The maximum absolute atomic E-state index is 11.5. The maximum atomic E-state index is 11.5. The third kappa shape index (κ3) is 2.09. The number of nitrogens with zero attached hydrogens (tertiary/aromatic N) is 1. The van der Waals surface area contributed by atoms with E-state index in [9.17, 15) is 8.42 Å². The zero-order valence-corrected chi connectivity index (χ0v) is 10.3. The Hall–Kier alpha value is -0.965. The summed E-state index contributed by atoms with van der Waals surface area (Å²) in [5.74, 6) is 0.521. The molecule has 84 valence electrons. The van der Waals surface area contributed by atoms with E-state index in [1.54, 1.807) is 6.07 Å². The molecule has 0 aromatic heterocycles. The molecule has 1 aliphatic rings. The summed E-state index contributed by atoms with van der Waals surface area (Å²) in [5, 5.41) is 0. The Balaban J connectivity index is 2.45. The van der Waals surface area contributed by atoms with Crippen LogP contribution in [0.2, 0.25) is 0 Å². The first-order valence-electron chi connectivity index (χ1n) is 5.23. The first kappa shape index (κ1) is 11.5. The van der Waals surface area contributed by atoms with Crippen molar-refractivity contribution in [3.8, 4) is 0 Å². The molecule has 0 N–H and O–H groups in total. The summed E-state index contributed by atoms with van der Waals surface area (Å²) in [7, 11) is 4.29. The number of rotatable bonds is 3. The number of benzene rings is 1. The van der Waals surface area contributed by atoms with E-state index in [4.69, 9.17) is 7.85 Å². The van der Waals surface area contributed by atoms with Crippen molar-refractivity contribution in [3.05, 3.63) is 23.8 Å². The minimum absolute atomic E-state index is 0.521. The van der Waals surface area contributed by atoms with E-state index in [0.717, 1.165) is 18.4 Å². The lowest BCUT2D eigenvalue weighted by molar-refractivity contribution is 0.600. The van der Waals surface area contributed by atoms with Crippen LogP contribution in [-0.2, 0) is 10.0 Å². The van der Waals surface area contributed by atoms with Gasteiger partial charge in [-0.2, -0.15) is 0 Å². The van der Waals surface area contributed by atoms with Gasteiger partial charge in [-0.05, 0) is 30.4 Å². The highest BCUT2D eigenvalue weighted by Gasteiger charge is 2.26. The fourth-order valence-corrected chi connectivity index (χ4v) is 2.29. The van der Waals surface area contributed by atoms with Gasteiger partial charge in [-0.1, -0.05) is 17.6 Å². The van der Waals surface area contributed by atoms with Gasteiger partial charge in [0.05, 0.1) is 6.26 Å². The van der Waals surface area contributed by atoms with Crippen LogP contribution >= 0.6 is 0 Å². The van der Waals surface area contributed by atoms with Gasteiger partial charge in [0.2, 0.25) is 10.0 Å². The molecule has 1 fully saturated rings. The molecule has 2 radical (unpaired) electrons. The van der Waals surface area contributed by atoms with Gasteiger partial charge >= 0.3 is 0 Å². The average Bonchev–Trinajstić information content (AvgIpc) is 2.99. The van der Waals surface area contributed by atoms with Gasteiger partial charge in [0.1, 0.15) is 7.85 Å². The minimum atomic E-state index is -3.25. The fraction of sp³-hybridized carbons (Fsp3) is 0.455. The molecule has 0 atom stereocenters. The highest BCUT2D eigenvalue weighted by molar-refractivity contribution is 7.92. The van der Waals surface area contributed by atoms with Crippen molar-refractivity contribution in [1.82, 2.24) is 0 Å². The molecule has 0 amide bonds. The van der Waals surface area contributed by atoms with Crippen LogP contribution in [0.25, 0.3) is 0 Å². The SMILES string of the molecule is [B]c1c(C2CC2)cccc1N(C)S(C)(=O)=O. The van der Waals surface area contributed by atoms with Gasteiger partial charge in [0.15, 0.2) is 0 Å². The fourth-order valence-electron chi connectivity index (χ4n) is 1.77. The number of hydrogen-bond acceptors (Lipinski definition) is 2. The van der Waals surface area contributed by atoms with Gasteiger partial charge in [-0.15, -0.1) is 0 Å². The van der Waals surface area contributed by atoms with E-state index >= 15 is 0 Å². The molecule has 5 heteroatoms. The second-order valence-electron chi connectivity index (χ2n) is 4.28. The first-order chi connectivity index (χ1) is 7.41. The summed E-state index contributed by atoms with van der Waals surface area (Å²) in [6, 6.07) is 5.58. The quantitative estimate of drug-likeness (QED) is 0.725. The summed E-state index contributed by atoms with van der Waals surface area (Å²) in [6.45, 7) is 0. The lowest BCUT2D eigenvalue weighted by atomic mass is 9.86. The summed E-state index contributed by atoms with van der Waals surface area (Å²) in [5.41, 5.74) is 2.25. The Morgan fingerprint density at radius 1 is 1.38 bits per heavy atom. The molecule has 1 aliphatic carbocycles. The Labute approximate surface area is 97.9 Å². The Morgan fingerprint density at radius 2 is 2.00 bits per heavy atom. The summed E-state index contributed by atoms with van der Waals surface area (Å²) in [4.78, 5) is 0. The molecule has 16 heavy (non-hydrogen) atoms. The predicted octanol–water partition coefficient (Wildman–Crippen LogP) is 0.754. The lowest BCUT2D eigenvalue weighted by Gasteiger charge is -2.21. The van der Waals surface area contributed by atoms with E-state index in [1.165, 1.54) is 17.6 Å². The molecule has 2 rings (SSSR count). The van der Waals surface area contributed by atoms with Gasteiger partial charge < -0.3 is 0 Å². The third-order valence-electron chi connectivity index (χ3n) is 2.97.